The van der Waals surface area contributed by atoms with E-state index in [9.17, 15) is 8.42 Å². The predicted molar refractivity (Wildman–Crippen MR) is 127 cm³/mol. The van der Waals surface area contributed by atoms with E-state index in [-0.39, 0.29) is 29.4 Å². The van der Waals surface area contributed by atoms with Gasteiger partial charge in [-0.05, 0) is 50.3 Å². The summed E-state index contributed by atoms with van der Waals surface area (Å²) in [6.45, 7) is 11.3. The first-order valence-corrected chi connectivity index (χ1v) is 11.1. The van der Waals surface area contributed by atoms with Crippen LogP contribution in [0, 0.1) is 5.41 Å². The highest BCUT2D eigenvalue weighted by molar-refractivity contribution is 14.0. The Morgan fingerprint density at radius 2 is 1.81 bits per heavy atom. The minimum absolute atomic E-state index is 0. The average molecular weight is 530 g/mol. The number of halogens is 2. The van der Waals surface area contributed by atoms with Crippen molar-refractivity contribution in [3.8, 4) is 0 Å². The fourth-order valence-electron chi connectivity index (χ4n) is 2.32. The van der Waals surface area contributed by atoms with Crippen LogP contribution in [0.4, 0.5) is 0 Å². The average Bonchev–Trinajstić information content (AvgIpc) is 2.48. The third-order valence-corrected chi connectivity index (χ3v) is 6.65. The van der Waals surface area contributed by atoms with Crippen molar-refractivity contribution in [2.45, 2.75) is 45.8 Å². The number of nitrogens with zero attached hydrogens (tertiary/aromatic N) is 1. The molecule has 0 saturated heterocycles. The van der Waals surface area contributed by atoms with Crippen molar-refractivity contribution < 1.29 is 8.42 Å². The summed E-state index contributed by atoms with van der Waals surface area (Å²) in [6, 6.07) is 7.86. The van der Waals surface area contributed by atoms with Gasteiger partial charge in [-0.15, -0.1) is 24.0 Å². The second kappa shape index (κ2) is 10.9. The van der Waals surface area contributed by atoms with Gasteiger partial charge in [0.1, 0.15) is 0 Å². The number of aliphatic imine (C=N–C) groups is 1. The van der Waals surface area contributed by atoms with Gasteiger partial charge in [0.15, 0.2) is 15.8 Å². The zero-order chi connectivity index (χ0) is 20.0. The van der Waals surface area contributed by atoms with E-state index in [2.05, 4.69) is 35.5 Å². The highest BCUT2D eigenvalue weighted by atomic mass is 127. The van der Waals surface area contributed by atoms with Crippen LogP contribution in [0.5, 0.6) is 0 Å². The van der Waals surface area contributed by atoms with Gasteiger partial charge >= 0.3 is 0 Å². The van der Waals surface area contributed by atoms with Gasteiger partial charge in [0, 0.05) is 30.9 Å². The molecule has 0 aliphatic carbocycles. The van der Waals surface area contributed by atoms with Gasteiger partial charge in [0.05, 0.1) is 4.75 Å². The van der Waals surface area contributed by atoms with E-state index in [1.54, 1.807) is 13.8 Å². The molecule has 0 spiro atoms. The summed E-state index contributed by atoms with van der Waals surface area (Å²) < 4.78 is 22.9. The summed E-state index contributed by atoms with van der Waals surface area (Å²) in [5.41, 5.74) is 1.12. The molecule has 1 rings (SSSR count). The normalized spacial score (nSPS) is 13.1. The Bertz CT molecular complexity index is 734. The first-order valence-electron chi connectivity index (χ1n) is 8.82. The van der Waals surface area contributed by atoms with Gasteiger partial charge in [-0.25, -0.2) is 8.42 Å². The molecule has 0 aromatic heterocycles. The van der Waals surface area contributed by atoms with E-state index in [0.717, 1.165) is 11.4 Å². The Morgan fingerprint density at radius 1 is 1.19 bits per heavy atom. The molecule has 0 aliphatic heterocycles. The molecule has 156 valence electrons. The van der Waals surface area contributed by atoms with Gasteiger partial charge in [0.25, 0.3) is 0 Å². The minimum Gasteiger partial charge on any atom is -0.357 e. The molecule has 0 bridgehead atoms. The van der Waals surface area contributed by atoms with Crippen LogP contribution >= 0.6 is 35.6 Å². The van der Waals surface area contributed by atoms with E-state index in [0.29, 0.717) is 25.6 Å². The van der Waals surface area contributed by atoms with Crippen LogP contribution in [0.2, 0.25) is 5.02 Å². The molecule has 0 fully saturated rings. The topological polar surface area (TPSA) is 70.6 Å². The van der Waals surface area contributed by atoms with Crippen molar-refractivity contribution in [3.63, 3.8) is 0 Å². The molecule has 0 aliphatic rings. The third-order valence-electron chi connectivity index (χ3n) is 4.27. The highest BCUT2D eigenvalue weighted by Crippen LogP contribution is 2.24. The van der Waals surface area contributed by atoms with Gasteiger partial charge in [-0.3, -0.25) is 4.99 Å². The van der Waals surface area contributed by atoms with Gasteiger partial charge in [-0.2, -0.15) is 0 Å². The Labute approximate surface area is 186 Å². The number of sulfone groups is 1. The van der Waals surface area contributed by atoms with Crippen molar-refractivity contribution >= 4 is 51.4 Å². The Hall–Kier alpha value is -0.540. The molecule has 0 saturated carbocycles. The summed E-state index contributed by atoms with van der Waals surface area (Å²) in [7, 11) is -3.16. The first-order chi connectivity index (χ1) is 11.9. The van der Waals surface area contributed by atoms with Crippen LogP contribution in [0.1, 0.15) is 40.2 Å². The maximum absolute atomic E-state index is 11.9. The van der Waals surface area contributed by atoms with E-state index in [4.69, 9.17) is 11.6 Å². The number of rotatable bonds is 8. The van der Waals surface area contributed by atoms with Crippen LogP contribution in [0.25, 0.3) is 0 Å². The lowest BCUT2D eigenvalue weighted by Gasteiger charge is -2.26. The lowest BCUT2D eigenvalue weighted by atomic mass is 9.86. The van der Waals surface area contributed by atoms with Crippen LogP contribution in [0.3, 0.4) is 0 Å². The van der Waals surface area contributed by atoms with Crippen LogP contribution in [0.15, 0.2) is 29.3 Å². The molecular weight excluding hydrogens is 497 g/mol. The van der Waals surface area contributed by atoms with Crippen LogP contribution < -0.4 is 10.6 Å². The predicted octanol–water partition coefficient (Wildman–Crippen LogP) is 3.91. The second-order valence-electron chi connectivity index (χ2n) is 8.05. The molecule has 27 heavy (non-hydrogen) atoms. The van der Waals surface area contributed by atoms with Crippen molar-refractivity contribution in [1.29, 1.82) is 0 Å². The molecule has 0 heterocycles. The Kier molecular flexibility index (Phi) is 10.6. The standard InChI is InChI=1S/C19H32ClN3O2S.HI/c1-7-21-17(23-14-19(4,5)26(6,24)25)22-13-18(2,3)12-15-9-8-10-16(20)11-15;/h8-11H,7,12-14H2,1-6H3,(H2,21,22,23);1H. The van der Waals surface area contributed by atoms with Gasteiger partial charge in [0.2, 0.25) is 0 Å². The van der Waals surface area contributed by atoms with Gasteiger partial charge < -0.3 is 10.6 Å². The fourth-order valence-corrected chi connectivity index (χ4v) is 2.87. The zero-order valence-corrected chi connectivity index (χ0v) is 21.0. The minimum atomic E-state index is -3.16. The zero-order valence-electron chi connectivity index (χ0n) is 17.1. The van der Waals surface area contributed by atoms with Crippen LogP contribution in [-0.2, 0) is 16.3 Å². The Balaban J connectivity index is 0.00000676. The number of hydrogen-bond acceptors (Lipinski definition) is 3. The molecule has 8 heteroatoms. The molecule has 0 radical (unpaired) electrons. The van der Waals surface area contributed by atoms with Crippen molar-refractivity contribution in [2.24, 2.45) is 10.4 Å². The first kappa shape index (κ1) is 26.5. The molecule has 0 unspecified atom stereocenters. The number of hydrogen-bond donors (Lipinski definition) is 2. The summed E-state index contributed by atoms with van der Waals surface area (Å²) in [6.07, 6.45) is 2.11. The summed E-state index contributed by atoms with van der Waals surface area (Å²) in [5, 5.41) is 7.06. The Morgan fingerprint density at radius 3 is 2.33 bits per heavy atom. The van der Waals surface area contributed by atoms with E-state index in [1.807, 2.05) is 25.1 Å². The largest absolute Gasteiger partial charge is 0.357 e. The van der Waals surface area contributed by atoms with Crippen molar-refractivity contribution in [3.05, 3.63) is 34.9 Å². The quantitative estimate of drug-likeness (QED) is 0.304. The highest BCUT2D eigenvalue weighted by Gasteiger charge is 2.30. The molecule has 1 aromatic rings. The SMILES string of the molecule is CCNC(=NCC(C)(C)Cc1cccc(Cl)c1)NCC(C)(C)S(C)(=O)=O.I. The maximum Gasteiger partial charge on any atom is 0.191 e. The van der Waals surface area contributed by atoms with Crippen molar-refractivity contribution in [2.75, 3.05) is 25.9 Å². The fraction of sp³-hybridized carbons (Fsp3) is 0.632. The van der Waals surface area contributed by atoms with E-state index >= 15 is 0 Å². The lowest BCUT2D eigenvalue weighted by Crippen LogP contribution is -2.48. The van der Waals surface area contributed by atoms with E-state index in [1.165, 1.54) is 11.8 Å². The molecule has 1 aromatic carbocycles. The third kappa shape index (κ3) is 9.47. The summed E-state index contributed by atoms with van der Waals surface area (Å²) in [5.74, 6) is 0.628. The smallest absolute Gasteiger partial charge is 0.191 e. The second-order valence-corrected chi connectivity index (χ2v) is 11.1. The molecule has 0 amide bonds. The van der Waals surface area contributed by atoms with Gasteiger partial charge in [-0.1, -0.05) is 37.6 Å². The lowest BCUT2D eigenvalue weighted by molar-refractivity contribution is 0.377. The molecule has 2 N–H and O–H groups in total. The van der Waals surface area contributed by atoms with E-state index < -0.39 is 14.6 Å². The summed E-state index contributed by atoms with van der Waals surface area (Å²) in [4.78, 5) is 4.66. The number of guanidine groups is 1. The van der Waals surface area contributed by atoms with Crippen molar-refractivity contribution in [1.82, 2.24) is 10.6 Å². The summed E-state index contributed by atoms with van der Waals surface area (Å²) >= 11 is 6.07. The molecule has 0 atom stereocenters. The number of benzene rings is 1. The maximum atomic E-state index is 11.9. The monoisotopic (exact) mass is 529 g/mol. The molecule has 5 nitrogen and oxygen atoms in total. The molecular formula is C19H33ClIN3O2S. The number of nitrogens with one attached hydrogen (secondary N) is 2. The van der Waals surface area contributed by atoms with Crippen LogP contribution in [-0.4, -0.2) is 45.0 Å².